The number of ether oxygens (including phenoxy) is 1. The number of benzene rings is 2. The van der Waals surface area contributed by atoms with E-state index in [2.05, 4.69) is 29.6 Å². The number of likely N-dealkylation sites (tertiary alicyclic amines) is 1. The SMILES string of the molecule is CC[C@@H](NC(=O)OCC1c2ccccc2-c2ccccc21)C(=O)N1CCC2(CC1)CC2C(=O)O. The molecule has 1 saturated heterocycles. The maximum atomic E-state index is 13.0. The first kappa shape index (κ1) is 22.4. The highest BCUT2D eigenvalue weighted by atomic mass is 16.5. The zero-order valence-corrected chi connectivity index (χ0v) is 19.3. The van der Waals surface area contributed by atoms with Gasteiger partial charge in [-0.05, 0) is 53.4 Å². The van der Waals surface area contributed by atoms with Gasteiger partial charge in [0.15, 0.2) is 0 Å². The topological polar surface area (TPSA) is 95.9 Å². The highest BCUT2D eigenvalue weighted by Crippen LogP contribution is 2.59. The molecule has 2 aliphatic carbocycles. The molecule has 2 atom stereocenters. The molecule has 2 N–H and O–H groups in total. The van der Waals surface area contributed by atoms with Crippen molar-refractivity contribution in [1.29, 1.82) is 0 Å². The Kier molecular flexibility index (Phi) is 5.80. The largest absolute Gasteiger partial charge is 0.481 e. The van der Waals surface area contributed by atoms with Gasteiger partial charge in [-0.3, -0.25) is 9.59 Å². The Bertz CT molecular complexity index is 1080. The van der Waals surface area contributed by atoms with Crippen molar-refractivity contribution < 1.29 is 24.2 Å². The Morgan fingerprint density at radius 1 is 1.06 bits per heavy atom. The van der Waals surface area contributed by atoms with E-state index in [0.29, 0.717) is 38.8 Å². The molecule has 3 aliphatic rings. The van der Waals surface area contributed by atoms with Gasteiger partial charge in [-0.25, -0.2) is 4.79 Å². The predicted molar refractivity (Wildman–Crippen MR) is 126 cm³/mol. The van der Waals surface area contributed by atoms with Crippen molar-refractivity contribution in [1.82, 2.24) is 10.2 Å². The molecule has 1 heterocycles. The number of rotatable bonds is 6. The third-order valence-electron chi connectivity index (χ3n) is 7.90. The van der Waals surface area contributed by atoms with Crippen molar-refractivity contribution in [3.05, 3.63) is 59.7 Å². The number of hydrogen-bond donors (Lipinski definition) is 2. The van der Waals surface area contributed by atoms with Crippen molar-refractivity contribution in [2.45, 2.75) is 44.6 Å². The lowest BCUT2D eigenvalue weighted by molar-refractivity contribution is -0.140. The first-order valence-corrected chi connectivity index (χ1v) is 12.1. The molecule has 7 heteroatoms. The molecule has 1 saturated carbocycles. The highest BCUT2D eigenvalue weighted by molar-refractivity contribution is 5.86. The summed E-state index contributed by atoms with van der Waals surface area (Å²) >= 11 is 0. The van der Waals surface area contributed by atoms with Gasteiger partial charge in [0, 0.05) is 19.0 Å². The second-order valence-electron chi connectivity index (χ2n) is 9.71. The summed E-state index contributed by atoms with van der Waals surface area (Å²) in [6.45, 7) is 3.13. The van der Waals surface area contributed by atoms with E-state index in [9.17, 15) is 19.5 Å². The van der Waals surface area contributed by atoms with Crippen molar-refractivity contribution in [2.75, 3.05) is 19.7 Å². The lowest BCUT2D eigenvalue weighted by Gasteiger charge is -2.34. The van der Waals surface area contributed by atoms with Crippen LogP contribution in [0, 0.1) is 11.3 Å². The minimum atomic E-state index is -0.733. The van der Waals surface area contributed by atoms with E-state index in [1.807, 2.05) is 31.2 Å². The van der Waals surface area contributed by atoms with Gasteiger partial charge >= 0.3 is 12.1 Å². The number of fused-ring (bicyclic) bond motifs is 3. The fourth-order valence-electron chi connectivity index (χ4n) is 5.76. The summed E-state index contributed by atoms with van der Waals surface area (Å²) in [5.41, 5.74) is 4.47. The third-order valence-corrected chi connectivity index (χ3v) is 7.90. The van der Waals surface area contributed by atoms with Gasteiger partial charge in [-0.15, -0.1) is 0 Å². The molecule has 178 valence electrons. The number of carbonyl (C=O) groups excluding carboxylic acids is 2. The average molecular weight is 463 g/mol. The molecule has 2 fully saturated rings. The van der Waals surface area contributed by atoms with Gasteiger partial charge in [0.05, 0.1) is 5.92 Å². The van der Waals surface area contributed by atoms with Gasteiger partial charge in [0.2, 0.25) is 5.91 Å². The molecule has 2 amide bonds. The molecule has 2 aromatic carbocycles. The van der Waals surface area contributed by atoms with E-state index in [1.54, 1.807) is 4.90 Å². The fourth-order valence-corrected chi connectivity index (χ4v) is 5.76. The number of alkyl carbamates (subject to hydrolysis) is 1. The van der Waals surface area contributed by atoms with E-state index >= 15 is 0 Å². The van der Waals surface area contributed by atoms with Crippen LogP contribution in [0.1, 0.15) is 49.7 Å². The number of amides is 2. The Morgan fingerprint density at radius 3 is 2.18 bits per heavy atom. The van der Waals surface area contributed by atoms with Crippen molar-refractivity contribution >= 4 is 18.0 Å². The molecule has 7 nitrogen and oxygen atoms in total. The summed E-state index contributed by atoms with van der Waals surface area (Å²) in [5, 5.41) is 12.0. The lowest BCUT2D eigenvalue weighted by Crippen LogP contribution is -2.51. The van der Waals surface area contributed by atoms with Crippen LogP contribution in [0.5, 0.6) is 0 Å². The minimum absolute atomic E-state index is 0.0343. The van der Waals surface area contributed by atoms with Gasteiger partial charge in [-0.1, -0.05) is 55.5 Å². The van der Waals surface area contributed by atoms with Crippen LogP contribution < -0.4 is 5.32 Å². The van der Waals surface area contributed by atoms with Gasteiger partial charge in [0.25, 0.3) is 0 Å². The maximum Gasteiger partial charge on any atom is 0.407 e. The number of hydrogen-bond acceptors (Lipinski definition) is 4. The normalized spacial score (nSPS) is 20.9. The molecular formula is C27H30N2O5. The number of carbonyl (C=O) groups is 3. The van der Waals surface area contributed by atoms with Gasteiger partial charge in [0.1, 0.15) is 12.6 Å². The highest BCUT2D eigenvalue weighted by Gasteiger charge is 2.59. The minimum Gasteiger partial charge on any atom is -0.481 e. The second-order valence-corrected chi connectivity index (χ2v) is 9.71. The van der Waals surface area contributed by atoms with Gasteiger partial charge in [-0.2, -0.15) is 0 Å². The average Bonchev–Trinajstić information content (AvgIpc) is 3.47. The van der Waals surface area contributed by atoms with Gasteiger partial charge < -0.3 is 20.1 Å². The first-order valence-electron chi connectivity index (χ1n) is 12.1. The predicted octanol–water partition coefficient (Wildman–Crippen LogP) is 4.02. The summed E-state index contributed by atoms with van der Waals surface area (Å²) in [6, 6.07) is 15.7. The Labute approximate surface area is 199 Å². The van der Waals surface area contributed by atoms with Crippen molar-refractivity contribution in [3.8, 4) is 11.1 Å². The fraction of sp³-hybridized carbons (Fsp3) is 0.444. The molecule has 2 aromatic rings. The van der Waals surface area contributed by atoms with Crippen LogP contribution >= 0.6 is 0 Å². The maximum absolute atomic E-state index is 13.0. The molecule has 1 aliphatic heterocycles. The third kappa shape index (κ3) is 3.93. The molecule has 34 heavy (non-hydrogen) atoms. The first-order chi connectivity index (χ1) is 16.4. The van der Waals surface area contributed by atoms with Crippen LogP contribution in [0.25, 0.3) is 11.1 Å². The van der Waals surface area contributed by atoms with Crippen LogP contribution in [-0.2, 0) is 14.3 Å². The number of nitrogens with zero attached hydrogens (tertiary/aromatic N) is 1. The molecule has 5 rings (SSSR count). The smallest absolute Gasteiger partial charge is 0.407 e. The van der Waals surface area contributed by atoms with E-state index in [1.165, 1.54) is 0 Å². The van der Waals surface area contributed by atoms with Crippen LogP contribution in [0.4, 0.5) is 4.79 Å². The number of aliphatic carboxylic acids is 1. The molecule has 0 aromatic heterocycles. The Hall–Kier alpha value is -3.35. The van der Waals surface area contributed by atoms with E-state index in [-0.39, 0.29) is 29.8 Å². The summed E-state index contributed by atoms with van der Waals surface area (Å²) in [5.74, 6) is -1.17. The quantitative estimate of drug-likeness (QED) is 0.676. The summed E-state index contributed by atoms with van der Waals surface area (Å²) < 4.78 is 5.61. The number of piperidine rings is 1. The number of carboxylic acid groups (broad SMARTS) is 1. The molecule has 0 bridgehead atoms. The Morgan fingerprint density at radius 2 is 1.65 bits per heavy atom. The van der Waals surface area contributed by atoms with E-state index in [4.69, 9.17) is 4.74 Å². The summed E-state index contributed by atoms with van der Waals surface area (Å²) in [6.07, 6.45) is 1.99. The molecule has 1 unspecified atom stereocenters. The standard InChI is InChI=1S/C27H30N2O5/c1-2-23(24(30)29-13-11-27(12-14-29)15-22(27)25(31)32)28-26(33)34-16-21-19-9-5-3-7-17(19)18-8-4-6-10-20(18)21/h3-10,21-23H,2,11-16H2,1H3,(H,28,33)(H,31,32)/t22?,23-/m1/s1. The van der Waals surface area contributed by atoms with Crippen LogP contribution in [-0.4, -0.2) is 53.7 Å². The Balaban J connectivity index is 1.17. The van der Waals surface area contributed by atoms with Crippen LogP contribution in [0.2, 0.25) is 0 Å². The molecule has 0 radical (unpaired) electrons. The molecule has 1 spiro atoms. The molecular weight excluding hydrogens is 432 g/mol. The van der Waals surface area contributed by atoms with Crippen LogP contribution in [0.15, 0.2) is 48.5 Å². The zero-order valence-electron chi connectivity index (χ0n) is 19.3. The van der Waals surface area contributed by atoms with Crippen molar-refractivity contribution in [2.24, 2.45) is 11.3 Å². The summed E-state index contributed by atoms with van der Waals surface area (Å²) in [7, 11) is 0. The number of carboxylic acids is 1. The second kappa shape index (κ2) is 8.78. The van der Waals surface area contributed by atoms with E-state index in [0.717, 1.165) is 22.3 Å². The number of nitrogens with one attached hydrogen (secondary N) is 1. The van der Waals surface area contributed by atoms with Crippen molar-refractivity contribution in [3.63, 3.8) is 0 Å². The lowest BCUT2D eigenvalue weighted by atomic mass is 9.90. The van der Waals surface area contributed by atoms with E-state index < -0.39 is 18.1 Å². The van der Waals surface area contributed by atoms with Crippen LogP contribution in [0.3, 0.4) is 0 Å². The summed E-state index contributed by atoms with van der Waals surface area (Å²) in [4.78, 5) is 38.7. The monoisotopic (exact) mass is 462 g/mol. The zero-order chi connectivity index (χ0) is 23.9.